The molecule has 130 valence electrons. The van der Waals surface area contributed by atoms with E-state index in [0.29, 0.717) is 24.2 Å². The molecule has 0 N–H and O–H groups in total. The summed E-state index contributed by atoms with van der Waals surface area (Å²) in [5.74, 6) is 2.36. The highest BCUT2D eigenvalue weighted by atomic mass is 19.1. The lowest BCUT2D eigenvalue weighted by Gasteiger charge is -2.58. The van der Waals surface area contributed by atoms with Crippen molar-refractivity contribution < 1.29 is 8.78 Å². The van der Waals surface area contributed by atoms with Crippen molar-refractivity contribution in [2.24, 2.45) is 34.5 Å². The van der Waals surface area contributed by atoms with E-state index in [4.69, 9.17) is 0 Å². The smallest absolute Gasteiger partial charge is 0.104 e. The molecule has 4 rings (SSSR count). The number of hydrogen-bond acceptors (Lipinski definition) is 0. The molecule has 0 bridgehead atoms. The highest BCUT2D eigenvalue weighted by Crippen LogP contribution is 2.66. The van der Waals surface area contributed by atoms with Crippen molar-refractivity contribution in [3.63, 3.8) is 0 Å². The molecule has 0 amide bonds. The van der Waals surface area contributed by atoms with Crippen LogP contribution in [0.15, 0.2) is 11.6 Å². The topological polar surface area (TPSA) is 0 Å². The number of halogens is 2. The Bertz CT molecular complexity index is 510. The normalized spacial score (nSPS) is 53.8. The Morgan fingerprint density at radius 1 is 1.09 bits per heavy atom. The zero-order valence-corrected chi connectivity index (χ0v) is 15.0. The van der Waals surface area contributed by atoms with Crippen molar-refractivity contribution in [2.45, 2.75) is 84.5 Å². The number of allylic oxidation sites excluding steroid dienone is 2. The van der Waals surface area contributed by atoms with Crippen LogP contribution in [0.4, 0.5) is 8.78 Å². The van der Waals surface area contributed by atoms with Crippen LogP contribution in [0.5, 0.6) is 0 Å². The number of rotatable bonds is 1. The molecule has 1 unspecified atom stereocenters. The van der Waals surface area contributed by atoms with Gasteiger partial charge in [-0.15, -0.1) is 0 Å². The molecule has 0 aromatic heterocycles. The van der Waals surface area contributed by atoms with Gasteiger partial charge in [0.15, 0.2) is 0 Å². The van der Waals surface area contributed by atoms with Gasteiger partial charge in [-0.2, -0.15) is 0 Å². The Hall–Kier alpha value is -0.400. The highest BCUT2D eigenvalue weighted by Gasteiger charge is 2.59. The molecule has 2 heteroatoms. The number of hydrogen-bond donors (Lipinski definition) is 0. The molecule has 0 aromatic carbocycles. The van der Waals surface area contributed by atoms with E-state index in [1.165, 1.54) is 24.8 Å². The molecule has 4 aliphatic rings. The molecular weight excluding hydrogens is 290 g/mol. The minimum Gasteiger partial charge on any atom is -0.247 e. The van der Waals surface area contributed by atoms with Crippen LogP contribution in [0.25, 0.3) is 0 Å². The molecule has 3 fully saturated rings. The average molecular weight is 322 g/mol. The molecule has 4 aliphatic carbocycles. The summed E-state index contributed by atoms with van der Waals surface area (Å²) in [6.07, 6.45) is 9.34. The van der Waals surface area contributed by atoms with Gasteiger partial charge in [0, 0.05) is 6.42 Å². The minimum atomic E-state index is -0.672. The number of alkyl halides is 2. The second-order valence-corrected chi connectivity index (χ2v) is 9.51. The first-order valence-corrected chi connectivity index (χ1v) is 9.84. The molecular formula is C21H32F2. The first kappa shape index (κ1) is 16.1. The fourth-order valence-corrected chi connectivity index (χ4v) is 7.41. The van der Waals surface area contributed by atoms with E-state index in [9.17, 15) is 8.78 Å². The quantitative estimate of drug-likeness (QED) is 0.500. The first-order chi connectivity index (χ1) is 10.9. The second-order valence-electron chi connectivity index (χ2n) is 9.51. The third-order valence-corrected chi connectivity index (χ3v) is 8.67. The van der Waals surface area contributed by atoms with Gasteiger partial charge in [-0.25, -0.2) is 8.78 Å². The summed E-state index contributed by atoms with van der Waals surface area (Å²) in [6, 6.07) is 0. The maximum Gasteiger partial charge on any atom is 0.104 e. The van der Waals surface area contributed by atoms with Crippen LogP contribution in [0.3, 0.4) is 0 Å². The lowest BCUT2D eigenvalue weighted by Crippen LogP contribution is -2.50. The van der Waals surface area contributed by atoms with Crippen molar-refractivity contribution in [1.82, 2.24) is 0 Å². The maximum atomic E-state index is 14.2. The van der Waals surface area contributed by atoms with Gasteiger partial charge in [0.2, 0.25) is 0 Å². The van der Waals surface area contributed by atoms with Crippen LogP contribution in [-0.2, 0) is 0 Å². The molecule has 0 aliphatic heterocycles. The van der Waals surface area contributed by atoms with Crippen molar-refractivity contribution in [3.05, 3.63) is 11.6 Å². The molecule has 0 aromatic rings. The summed E-state index contributed by atoms with van der Waals surface area (Å²) in [6.45, 7) is 6.56. The Balaban J connectivity index is 1.65. The van der Waals surface area contributed by atoms with E-state index >= 15 is 0 Å². The van der Waals surface area contributed by atoms with Crippen molar-refractivity contribution in [3.8, 4) is 0 Å². The van der Waals surface area contributed by atoms with Crippen LogP contribution < -0.4 is 0 Å². The maximum absolute atomic E-state index is 14.2. The third-order valence-electron chi connectivity index (χ3n) is 8.67. The standard InChI is InChI=1S/C21H32F2/c1-13(22)17-6-7-18-16-5-4-14-12-15(23)8-10-20(14,2)19(16)9-11-21(17,18)3/h4,13,15-19H,5-12H2,1-3H3/t13?,15-,16-,17+,18-,19-,20-,21+/m0/s1. The summed E-state index contributed by atoms with van der Waals surface area (Å²) >= 11 is 0. The monoisotopic (exact) mass is 322 g/mol. The van der Waals surface area contributed by atoms with Gasteiger partial charge in [0.1, 0.15) is 12.3 Å². The van der Waals surface area contributed by atoms with Crippen molar-refractivity contribution >= 4 is 0 Å². The predicted octanol–water partition coefficient (Wildman–Crippen LogP) is 6.26. The Morgan fingerprint density at radius 3 is 2.61 bits per heavy atom. The summed E-state index contributed by atoms with van der Waals surface area (Å²) in [4.78, 5) is 0. The van der Waals surface area contributed by atoms with Gasteiger partial charge in [0.25, 0.3) is 0 Å². The van der Waals surface area contributed by atoms with Gasteiger partial charge in [0.05, 0.1) is 0 Å². The van der Waals surface area contributed by atoms with E-state index in [1.54, 1.807) is 6.92 Å². The van der Waals surface area contributed by atoms with E-state index in [2.05, 4.69) is 19.9 Å². The fourth-order valence-electron chi connectivity index (χ4n) is 7.41. The molecule has 8 atom stereocenters. The minimum absolute atomic E-state index is 0.203. The van der Waals surface area contributed by atoms with Crippen molar-refractivity contribution in [2.75, 3.05) is 0 Å². The Morgan fingerprint density at radius 2 is 1.87 bits per heavy atom. The van der Waals surface area contributed by atoms with Crippen LogP contribution in [-0.4, -0.2) is 12.3 Å². The lowest BCUT2D eigenvalue weighted by atomic mass is 9.47. The van der Waals surface area contributed by atoms with Crippen LogP contribution in [0, 0.1) is 34.5 Å². The zero-order valence-electron chi connectivity index (χ0n) is 15.0. The molecule has 0 nitrogen and oxygen atoms in total. The van der Waals surface area contributed by atoms with Gasteiger partial charge >= 0.3 is 0 Å². The fraction of sp³-hybridized carbons (Fsp3) is 0.905. The van der Waals surface area contributed by atoms with Crippen LogP contribution in [0.1, 0.15) is 72.1 Å². The molecule has 0 heterocycles. The highest BCUT2D eigenvalue weighted by molar-refractivity contribution is 5.25. The zero-order chi connectivity index (χ0) is 16.4. The van der Waals surface area contributed by atoms with Gasteiger partial charge < -0.3 is 0 Å². The summed E-state index contributed by atoms with van der Waals surface area (Å²) < 4.78 is 28.1. The summed E-state index contributed by atoms with van der Waals surface area (Å²) in [5.41, 5.74) is 1.84. The van der Waals surface area contributed by atoms with Gasteiger partial charge in [-0.05, 0) is 86.4 Å². The molecule has 0 spiro atoms. The van der Waals surface area contributed by atoms with Crippen LogP contribution >= 0.6 is 0 Å². The van der Waals surface area contributed by atoms with Crippen molar-refractivity contribution in [1.29, 1.82) is 0 Å². The average Bonchev–Trinajstić information content (AvgIpc) is 2.85. The van der Waals surface area contributed by atoms with E-state index in [-0.39, 0.29) is 16.7 Å². The third kappa shape index (κ3) is 2.19. The van der Waals surface area contributed by atoms with Gasteiger partial charge in [-0.1, -0.05) is 25.5 Å². The van der Waals surface area contributed by atoms with E-state index < -0.39 is 12.3 Å². The Labute approximate surface area is 140 Å². The largest absolute Gasteiger partial charge is 0.247 e. The molecule has 23 heavy (non-hydrogen) atoms. The van der Waals surface area contributed by atoms with E-state index in [1.807, 2.05) is 0 Å². The van der Waals surface area contributed by atoms with E-state index in [0.717, 1.165) is 25.7 Å². The SMILES string of the molecule is CC(F)[C@H]1CC[C@H]2[C@@H]3CC=C4C[C@@H](F)CC[C@]4(C)[C@H]3CC[C@]12C. The Kier molecular flexibility index (Phi) is 3.71. The lowest BCUT2D eigenvalue weighted by molar-refractivity contribution is -0.0555. The predicted molar refractivity (Wildman–Crippen MR) is 90.7 cm³/mol. The second kappa shape index (κ2) is 5.30. The summed E-state index contributed by atoms with van der Waals surface area (Å²) in [7, 11) is 0. The first-order valence-electron chi connectivity index (χ1n) is 9.84. The molecule has 3 saturated carbocycles. The number of fused-ring (bicyclic) bond motifs is 5. The van der Waals surface area contributed by atoms with Crippen LogP contribution in [0.2, 0.25) is 0 Å². The molecule has 0 radical (unpaired) electrons. The molecule has 0 saturated heterocycles. The van der Waals surface area contributed by atoms with Gasteiger partial charge in [-0.3, -0.25) is 0 Å². The summed E-state index contributed by atoms with van der Waals surface area (Å²) in [5, 5.41) is 0.